The van der Waals surface area contributed by atoms with Gasteiger partial charge in [0.25, 0.3) is 5.91 Å². The Morgan fingerprint density at radius 1 is 1.30 bits per heavy atom. The second-order valence-corrected chi connectivity index (χ2v) is 6.28. The highest BCUT2D eigenvalue weighted by molar-refractivity contribution is 6.07. The number of hydrogen-bond donors (Lipinski definition) is 1. The molecule has 0 radical (unpaired) electrons. The molecule has 6 heteroatoms. The molecule has 1 unspecified atom stereocenters. The lowest BCUT2D eigenvalue weighted by molar-refractivity contribution is -0.132. The van der Waals surface area contributed by atoms with Crippen molar-refractivity contribution in [1.82, 2.24) is 15.4 Å². The molecular weight excluding hydrogens is 294 g/mol. The van der Waals surface area contributed by atoms with E-state index in [4.69, 9.17) is 4.52 Å². The Kier molecular flexibility index (Phi) is 3.01. The number of amides is 3. The number of fused-ring (bicyclic) bond motifs is 1. The molecule has 1 saturated heterocycles. The summed E-state index contributed by atoms with van der Waals surface area (Å²) in [5.41, 5.74) is 2.29. The summed E-state index contributed by atoms with van der Waals surface area (Å²) in [6, 6.07) is 9.46. The van der Waals surface area contributed by atoms with E-state index in [0.717, 1.165) is 17.7 Å². The van der Waals surface area contributed by atoms with Gasteiger partial charge in [0.05, 0.1) is 12.2 Å². The third-order valence-corrected chi connectivity index (χ3v) is 4.67. The number of rotatable bonds is 2. The van der Waals surface area contributed by atoms with E-state index in [9.17, 15) is 9.59 Å². The summed E-state index contributed by atoms with van der Waals surface area (Å²) in [5.74, 6) is 0.338. The van der Waals surface area contributed by atoms with Gasteiger partial charge in [0.2, 0.25) is 0 Å². The minimum atomic E-state index is -0.819. The molecule has 6 nitrogen and oxygen atoms in total. The lowest BCUT2D eigenvalue weighted by Gasteiger charge is -2.32. The number of carbonyl (C=O) groups is 2. The summed E-state index contributed by atoms with van der Waals surface area (Å²) < 4.78 is 5.13. The summed E-state index contributed by atoms with van der Waals surface area (Å²) >= 11 is 0. The Labute approximate surface area is 133 Å². The lowest BCUT2D eigenvalue weighted by Crippen LogP contribution is -2.51. The number of benzene rings is 1. The molecule has 4 rings (SSSR count). The number of nitrogens with one attached hydrogen (secondary N) is 1. The summed E-state index contributed by atoms with van der Waals surface area (Å²) in [4.78, 5) is 26.4. The molecule has 1 atom stereocenters. The lowest BCUT2D eigenvalue weighted by atomic mass is 9.78. The minimum Gasteiger partial charge on any atom is -0.359 e. The zero-order chi connectivity index (χ0) is 16.0. The molecule has 2 heterocycles. The molecule has 3 amide bonds. The van der Waals surface area contributed by atoms with Crippen molar-refractivity contribution in [2.45, 2.75) is 38.3 Å². The zero-order valence-corrected chi connectivity index (χ0v) is 12.8. The molecule has 1 aromatic carbocycles. The number of urea groups is 1. The topological polar surface area (TPSA) is 75.4 Å². The predicted octanol–water partition coefficient (Wildman–Crippen LogP) is 1.96. The van der Waals surface area contributed by atoms with Crippen LogP contribution < -0.4 is 5.32 Å². The maximum Gasteiger partial charge on any atom is 0.325 e. The van der Waals surface area contributed by atoms with E-state index >= 15 is 0 Å². The summed E-state index contributed by atoms with van der Waals surface area (Å²) in [6.07, 6.45) is 1.96. The molecule has 1 aliphatic heterocycles. The van der Waals surface area contributed by atoms with Crippen LogP contribution in [-0.2, 0) is 24.2 Å². The minimum absolute atomic E-state index is 0.120. The fraction of sp³-hybridized carbons (Fsp3) is 0.353. The van der Waals surface area contributed by atoms with Gasteiger partial charge in [0, 0.05) is 12.5 Å². The first-order valence-electron chi connectivity index (χ1n) is 7.70. The second kappa shape index (κ2) is 4.94. The molecule has 2 aliphatic rings. The number of aryl methyl sites for hydroxylation is 2. The fourth-order valence-electron chi connectivity index (χ4n) is 3.49. The van der Waals surface area contributed by atoms with E-state index < -0.39 is 5.54 Å². The van der Waals surface area contributed by atoms with E-state index in [0.29, 0.717) is 18.6 Å². The van der Waals surface area contributed by atoms with Gasteiger partial charge in [-0.2, -0.15) is 0 Å². The zero-order valence-electron chi connectivity index (χ0n) is 12.8. The summed E-state index contributed by atoms with van der Waals surface area (Å²) in [5, 5.41) is 6.71. The van der Waals surface area contributed by atoms with Crippen molar-refractivity contribution in [3.05, 3.63) is 52.9 Å². The van der Waals surface area contributed by atoms with Crippen LogP contribution in [0.5, 0.6) is 0 Å². The highest BCUT2D eigenvalue weighted by Gasteiger charge is 2.52. The molecule has 1 spiro atoms. The SMILES string of the molecule is Cc1cc(CN2C(=O)NC3(CCc4ccccc4C3)C2=O)on1. The van der Waals surface area contributed by atoms with Crippen molar-refractivity contribution >= 4 is 11.9 Å². The number of imide groups is 1. The maximum absolute atomic E-state index is 12.9. The average Bonchev–Trinajstić information content (AvgIpc) is 3.05. The Bertz CT molecular complexity index is 798. The molecule has 1 aromatic heterocycles. The second-order valence-electron chi connectivity index (χ2n) is 6.28. The highest BCUT2D eigenvalue weighted by atomic mass is 16.5. The Morgan fingerprint density at radius 3 is 2.83 bits per heavy atom. The Morgan fingerprint density at radius 2 is 2.09 bits per heavy atom. The Balaban J connectivity index is 1.60. The molecule has 0 saturated carbocycles. The van der Waals surface area contributed by atoms with Crippen molar-refractivity contribution in [2.24, 2.45) is 0 Å². The number of nitrogens with zero attached hydrogens (tertiary/aromatic N) is 2. The first-order valence-corrected chi connectivity index (χ1v) is 7.70. The predicted molar refractivity (Wildman–Crippen MR) is 81.5 cm³/mol. The smallest absolute Gasteiger partial charge is 0.325 e. The van der Waals surface area contributed by atoms with Gasteiger partial charge in [-0.1, -0.05) is 29.4 Å². The van der Waals surface area contributed by atoms with Crippen LogP contribution in [0.15, 0.2) is 34.9 Å². The molecule has 1 fully saturated rings. The molecule has 1 N–H and O–H groups in total. The van der Waals surface area contributed by atoms with Gasteiger partial charge in [-0.15, -0.1) is 0 Å². The van der Waals surface area contributed by atoms with Crippen LogP contribution >= 0.6 is 0 Å². The van der Waals surface area contributed by atoms with Gasteiger partial charge in [-0.3, -0.25) is 9.69 Å². The van der Waals surface area contributed by atoms with Crippen molar-refractivity contribution in [2.75, 3.05) is 0 Å². The van der Waals surface area contributed by atoms with Crippen molar-refractivity contribution in [3.63, 3.8) is 0 Å². The monoisotopic (exact) mass is 311 g/mol. The van der Waals surface area contributed by atoms with Crippen LogP contribution in [0.1, 0.15) is 29.0 Å². The number of hydrogen-bond acceptors (Lipinski definition) is 4. The van der Waals surface area contributed by atoms with Gasteiger partial charge in [-0.25, -0.2) is 4.79 Å². The summed E-state index contributed by atoms with van der Waals surface area (Å²) in [6.45, 7) is 1.92. The molecule has 0 bridgehead atoms. The number of carbonyl (C=O) groups excluding carboxylic acids is 2. The standard InChI is InChI=1S/C17H17N3O3/c1-11-8-14(23-19-11)10-20-15(21)17(18-16(20)22)7-6-12-4-2-3-5-13(12)9-17/h2-5,8H,6-7,9-10H2,1H3,(H,18,22). The fourth-order valence-corrected chi connectivity index (χ4v) is 3.49. The molecule has 1 aliphatic carbocycles. The van der Waals surface area contributed by atoms with Crippen LogP contribution in [0.3, 0.4) is 0 Å². The first kappa shape index (κ1) is 14.0. The number of aromatic nitrogens is 1. The maximum atomic E-state index is 12.9. The van der Waals surface area contributed by atoms with E-state index in [-0.39, 0.29) is 18.5 Å². The third-order valence-electron chi connectivity index (χ3n) is 4.67. The quantitative estimate of drug-likeness (QED) is 0.860. The van der Waals surface area contributed by atoms with E-state index in [1.54, 1.807) is 13.0 Å². The first-order chi connectivity index (χ1) is 11.1. The van der Waals surface area contributed by atoms with Crippen LogP contribution in [0.4, 0.5) is 4.79 Å². The van der Waals surface area contributed by atoms with Gasteiger partial charge in [0.15, 0.2) is 5.76 Å². The van der Waals surface area contributed by atoms with Gasteiger partial charge >= 0.3 is 6.03 Å². The van der Waals surface area contributed by atoms with Crippen molar-refractivity contribution in [3.8, 4) is 0 Å². The van der Waals surface area contributed by atoms with Crippen LogP contribution in [0.2, 0.25) is 0 Å². The van der Waals surface area contributed by atoms with Crippen LogP contribution in [0, 0.1) is 6.92 Å². The normalized spacial score (nSPS) is 23.3. The van der Waals surface area contributed by atoms with Crippen molar-refractivity contribution < 1.29 is 14.1 Å². The average molecular weight is 311 g/mol. The highest BCUT2D eigenvalue weighted by Crippen LogP contribution is 2.34. The van der Waals surface area contributed by atoms with Gasteiger partial charge < -0.3 is 9.84 Å². The van der Waals surface area contributed by atoms with E-state index in [1.165, 1.54) is 10.5 Å². The molecule has 23 heavy (non-hydrogen) atoms. The Hall–Kier alpha value is -2.63. The van der Waals surface area contributed by atoms with E-state index in [1.807, 2.05) is 18.2 Å². The van der Waals surface area contributed by atoms with Gasteiger partial charge in [0.1, 0.15) is 5.54 Å². The molecule has 2 aromatic rings. The van der Waals surface area contributed by atoms with Crippen molar-refractivity contribution in [1.29, 1.82) is 0 Å². The van der Waals surface area contributed by atoms with Gasteiger partial charge in [-0.05, 0) is 30.9 Å². The summed E-state index contributed by atoms with van der Waals surface area (Å²) in [7, 11) is 0. The van der Waals surface area contributed by atoms with E-state index in [2.05, 4.69) is 16.5 Å². The molecular formula is C17H17N3O3. The van der Waals surface area contributed by atoms with Crippen LogP contribution in [-0.4, -0.2) is 27.5 Å². The van der Waals surface area contributed by atoms with Crippen LogP contribution in [0.25, 0.3) is 0 Å². The third kappa shape index (κ3) is 2.21. The molecule has 118 valence electrons. The largest absolute Gasteiger partial charge is 0.359 e.